The number of hydrogen-bond acceptors (Lipinski definition) is 0. The Balaban J connectivity index is 3.82. The van der Waals surface area contributed by atoms with Crippen LogP contribution in [0.4, 0.5) is 0 Å². The van der Waals surface area contributed by atoms with E-state index in [2.05, 4.69) is 96.5 Å². The first-order valence-corrected chi connectivity index (χ1v) is 18.4. The van der Waals surface area contributed by atoms with Gasteiger partial charge in [0.25, 0.3) is 0 Å². The van der Waals surface area contributed by atoms with Crippen molar-refractivity contribution in [3.8, 4) is 0 Å². The predicted molar refractivity (Wildman–Crippen MR) is 99.1 cm³/mol. The van der Waals surface area contributed by atoms with Gasteiger partial charge in [0, 0.05) is 0 Å². The van der Waals surface area contributed by atoms with Gasteiger partial charge in [0.1, 0.15) is 0 Å². The van der Waals surface area contributed by atoms with Gasteiger partial charge in [-0.3, -0.25) is 0 Å². The Kier molecular flexibility index (Phi) is 5.93. The van der Waals surface area contributed by atoms with Crippen LogP contribution in [0, 0.1) is 0 Å². The average Bonchev–Trinajstić information content (AvgIpc) is 2.26. The molecule has 0 radical (unpaired) electrons. The van der Waals surface area contributed by atoms with E-state index in [0.29, 0.717) is 0 Å². The molecule has 0 aliphatic carbocycles. The molecule has 1 rings (SSSR count). The van der Waals surface area contributed by atoms with Crippen LogP contribution < -0.4 is 3.51 Å². The van der Waals surface area contributed by atoms with Gasteiger partial charge in [0.05, 0.1) is 0 Å². The van der Waals surface area contributed by atoms with Crippen LogP contribution in [-0.2, 0) is 0 Å². The van der Waals surface area contributed by atoms with Gasteiger partial charge < -0.3 is 0 Å². The standard InChI is InChI=1S/C6H5.3C4H7.BrH.Sb/c1-2-4-6-5-3-1;3*1-4(2)3;;/h1-5H;3*1H,2-3H3;1H;/q;;;;;+1/p-1. The van der Waals surface area contributed by atoms with E-state index in [-0.39, 0.29) is 0 Å². The molecule has 1 aromatic carbocycles. The Morgan fingerprint density at radius 1 is 0.750 bits per heavy atom. The summed E-state index contributed by atoms with van der Waals surface area (Å²) in [6.07, 6.45) is 0. The number of rotatable bonds is 4. The molecule has 2 heteroatoms. The summed E-state index contributed by atoms with van der Waals surface area (Å²) < 4.78 is 8.89. The molecule has 0 unspecified atom stereocenters. The van der Waals surface area contributed by atoms with Crippen molar-refractivity contribution in [3.63, 3.8) is 0 Å². The molecule has 0 N–H and O–H groups in total. The fourth-order valence-electron chi connectivity index (χ4n) is 2.65. The summed E-state index contributed by atoms with van der Waals surface area (Å²) >= 11 is 0.796. The molecular formula is C18H26BrSb. The normalized spacial score (nSPS) is 12.8. The Bertz CT molecular complexity index is 504. The van der Waals surface area contributed by atoms with Crippen molar-refractivity contribution in [3.05, 3.63) is 59.1 Å². The van der Waals surface area contributed by atoms with E-state index in [9.17, 15) is 0 Å². The van der Waals surface area contributed by atoms with Crippen LogP contribution in [0.1, 0.15) is 41.5 Å². The van der Waals surface area contributed by atoms with Gasteiger partial charge in [-0.05, 0) is 0 Å². The Hall–Kier alpha value is -0.262. The predicted octanol–water partition coefficient (Wildman–Crippen LogP) is 5.70. The van der Waals surface area contributed by atoms with Crippen LogP contribution in [0.3, 0.4) is 0 Å². The molecular weight excluding hydrogens is 418 g/mol. The van der Waals surface area contributed by atoms with Gasteiger partial charge in [-0.2, -0.15) is 0 Å². The molecule has 20 heavy (non-hydrogen) atoms. The van der Waals surface area contributed by atoms with Crippen LogP contribution in [0.15, 0.2) is 59.1 Å². The van der Waals surface area contributed by atoms with Gasteiger partial charge in [-0.15, -0.1) is 0 Å². The summed E-state index contributed by atoms with van der Waals surface area (Å²) in [6.45, 7) is 13.1. The van der Waals surface area contributed by atoms with Crippen molar-refractivity contribution in [2.75, 3.05) is 0 Å². The molecule has 0 fully saturated rings. The molecule has 1 aromatic rings. The Labute approximate surface area is 131 Å². The summed E-state index contributed by atoms with van der Waals surface area (Å²) in [5, 5.41) is 0. The molecule has 0 aliphatic rings. The second kappa shape index (κ2) is 6.67. The maximum absolute atomic E-state index is 4.28. The van der Waals surface area contributed by atoms with Crippen molar-refractivity contribution in [2.45, 2.75) is 41.5 Å². The molecule has 0 nitrogen and oxygen atoms in total. The first kappa shape index (κ1) is 17.8. The van der Waals surface area contributed by atoms with E-state index in [1.165, 1.54) is 20.2 Å². The molecule has 0 atom stereocenters. The van der Waals surface area contributed by atoms with Crippen LogP contribution in [0.5, 0.6) is 0 Å². The van der Waals surface area contributed by atoms with Gasteiger partial charge in [-0.1, -0.05) is 0 Å². The van der Waals surface area contributed by atoms with Crippen molar-refractivity contribution in [1.82, 2.24) is 0 Å². The van der Waals surface area contributed by atoms with E-state index < -0.39 is 15.1 Å². The maximum atomic E-state index is 4.28. The zero-order valence-electron chi connectivity index (χ0n) is 13.4. The molecule has 0 aliphatic heterocycles. The summed E-state index contributed by atoms with van der Waals surface area (Å²) in [5.74, 6) is 0. The zero-order valence-corrected chi connectivity index (χ0v) is 17.6. The van der Waals surface area contributed by atoms with Gasteiger partial charge in [-0.25, -0.2) is 0 Å². The molecule has 0 amide bonds. The van der Waals surface area contributed by atoms with Crippen LogP contribution in [0.2, 0.25) is 0 Å². The minimum absolute atomic E-state index is 1.36. The third-order valence-corrected chi connectivity index (χ3v) is 22.6. The molecule has 0 spiro atoms. The monoisotopic (exact) mass is 442 g/mol. The second-order valence-electron chi connectivity index (χ2n) is 6.17. The Morgan fingerprint density at radius 2 is 1.10 bits per heavy atom. The minimum atomic E-state index is -3.48. The molecule has 0 heterocycles. The first-order chi connectivity index (χ1) is 9.16. The topological polar surface area (TPSA) is 0 Å². The van der Waals surface area contributed by atoms with E-state index in [4.69, 9.17) is 0 Å². The summed E-state index contributed by atoms with van der Waals surface area (Å²) in [7, 11) is 0. The molecule has 0 bridgehead atoms. The van der Waals surface area contributed by atoms with Gasteiger partial charge >= 0.3 is 132 Å². The van der Waals surface area contributed by atoms with Gasteiger partial charge in [0.15, 0.2) is 0 Å². The van der Waals surface area contributed by atoms with Crippen molar-refractivity contribution >= 4 is 31.3 Å². The quantitative estimate of drug-likeness (QED) is 0.523. The summed E-state index contributed by atoms with van der Waals surface area (Å²) in [5.41, 5.74) is 4.09. The molecule has 0 aromatic heterocycles. The number of hydrogen-bond donors (Lipinski definition) is 0. The van der Waals surface area contributed by atoms with E-state index in [1.54, 1.807) is 0 Å². The number of allylic oxidation sites excluding steroid dienone is 3. The molecule has 0 saturated carbocycles. The van der Waals surface area contributed by atoms with E-state index >= 15 is 0 Å². The zero-order chi connectivity index (χ0) is 15.4. The van der Waals surface area contributed by atoms with E-state index in [0.717, 1.165) is 0 Å². The molecule has 110 valence electrons. The van der Waals surface area contributed by atoms with Gasteiger partial charge in [0.2, 0.25) is 0 Å². The fourth-order valence-corrected chi connectivity index (χ4v) is 25.7. The third-order valence-electron chi connectivity index (χ3n) is 2.86. The van der Waals surface area contributed by atoms with E-state index in [1.807, 2.05) is 0 Å². The fraction of sp³-hybridized carbons (Fsp3) is 0.333. The van der Waals surface area contributed by atoms with Crippen molar-refractivity contribution in [1.29, 1.82) is 0 Å². The number of halogens is 1. The number of benzene rings is 1. The van der Waals surface area contributed by atoms with Crippen LogP contribution >= 0.6 is 12.6 Å². The first-order valence-electron chi connectivity index (χ1n) is 6.94. The summed E-state index contributed by atoms with van der Waals surface area (Å²) in [4.78, 5) is 0. The van der Waals surface area contributed by atoms with Crippen molar-refractivity contribution in [2.24, 2.45) is 0 Å². The van der Waals surface area contributed by atoms with Crippen molar-refractivity contribution < 1.29 is 0 Å². The van der Waals surface area contributed by atoms with Crippen LogP contribution in [0.25, 0.3) is 0 Å². The third kappa shape index (κ3) is 4.37. The SMILES string of the molecule is CC(C)=[CH][Sb]([Br])([CH]=C(C)C)([CH]=C(C)C)[c]1ccccc1. The molecule has 0 saturated heterocycles. The second-order valence-corrected chi connectivity index (χ2v) is 27.4. The Morgan fingerprint density at radius 3 is 1.40 bits per heavy atom. The average molecular weight is 444 g/mol. The van der Waals surface area contributed by atoms with Crippen LogP contribution in [-0.4, -0.2) is 15.1 Å². The summed E-state index contributed by atoms with van der Waals surface area (Å²) in [6, 6.07) is 10.9.